The first kappa shape index (κ1) is 19.3. The van der Waals surface area contributed by atoms with Gasteiger partial charge in [-0.2, -0.15) is 5.26 Å². The number of carbonyl (C=O) groups is 1. The van der Waals surface area contributed by atoms with E-state index < -0.39 is 16.8 Å². The van der Waals surface area contributed by atoms with Crippen molar-refractivity contribution < 1.29 is 24.3 Å². The highest BCUT2D eigenvalue weighted by Crippen LogP contribution is 2.46. The fourth-order valence-electron chi connectivity index (χ4n) is 2.60. The number of phenols is 1. The summed E-state index contributed by atoms with van der Waals surface area (Å²) in [5, 5.41) is 31.1. The van der Waals surface area contributed by atoms with Gasteiger partial charge in [0.05, 0.1) is 27.5 Å². The number of rotatable bonds is 4. The first-order chi connectivity index (χ1) is 12.2. The number of esters is 1. The van der Waals surface area contributed by atoms with Crippen molar-refractivity contribution in [1.82, 2.24) is 0 Å². The fraction of sp³-hybridized carbons (Fsp3) is 0.250. The van der Waals surface area contributed by atoms with Crippen molar-refractivity contribution in [3.63, 3.8) is 0 Å². The number of nitro groups is 1. The van der Waals surface area contributed by atoms with E-state index in [0.717, 1.165) is 12.1 Å². The summed E-state index contributed by atoms with van der Waals surface area (Å²) < 4.78 is 10.3. The lowest BCUT2D eigenvalue weighted by molar-refractivity contribution is -0.385. The molecule has 2 rings (SSSR count). The average Bonchev–Trinajstić information content (AvgIpc) is 2.56. The maximum atomic E-state index is 12.4. The molecule has 0 aliphatic carbocycles. The Bertz CT molecular complexity index is 900. The quantitative estimate of drug-likeness (QED) is 0.426. The largest absolute Gasteiger partial charge is 0.506 e. The molecule has 10 heteroatoms. The molecule has 9 nitrogen and oxygen atoms in total. The Hall–Kier alpha value is -3.06. The molecular formula is C16H14BrN3O6. The zero-order valence-corrected chi connectivity index (χ0v) is 15.4. The normalized spacial score (nSPS) is 16.8. The Morgan fingerprint density at radius 3 is 2.77 bits per heavy atom. The second-order valence-corrected chi connectivity index (χ2v) is 6.09. The van der Waals surface area contributed by atoms with Crippen LogP contribution >= 0.6 is 15.9 Å². The van der Waals surface area contributed by atoms with Crippen molar-refractivity contribution in [3.05, 3.63) is 55.1 Å². The highest BCUT2D eigenvalue weighted by Gasteiger charge is 2.38. The van der Waals surface area contributed by atoms with Gasteiger partial charge in [-0.1, -0.05) is 0 Å². The summed E-state index contributed by atoms with van der Waals surface area (Å²) in [7, 11) is 0. The van der Waals surface area contributed by atoms with Gasteiger partial charge in [0.25, 0.3) is 5.69 Å². The monoisotopic (exact) mass is 423 g/mol. The Morgan fingerprint density at radius 1 is 1.58 bits per heavy atom. The van der Waals surface area contributed by atoms with Crippen LogP contribution < -0.4 is 5.73 Å². The van der Waals surface area contributed by atoms with Crippen LogP contribution in [-0.2, 0) is 14.3 Å². The molecule has 0 aromatic heterocycles. The smallest absolute Gasteiger partial charge is 0.338 e. The maximum absolute atomic E-state index is 12.4. The van der Waals surface area contributed by atoms with E-state index in [1.807, 2.05) is 6.07 Å². The molecule has 0 fully saturated rings. The number of allylic oxidation sites excluding steroid dienone is 2. The third-order valence-electron chi connectivity index (χ3n) is 3.70. The van der Waals surface area contributed by atoms with Crippen molar-refractivity contribution in [3.8, 4) is 11.8 Å². The van der Waals surface area contributed by atoms with E-state index in [2.05, 4.69) is 15.9 Å². The minimum Gasteiger partial charge on any atom is -0.506 e. The highest BCUT2D eigenvalue weighted by molar-refractivity contribution is 9.10. The molecule has 1 atom stereocenters. The van der Waals surface area contributed by atoms with Gasteiger partial charge in [-0.3, -0.25) is 10.1 Å². The van der Waals surface area contributed by atoms with Gasteiger partial charge in [-0.05, 0) is 29.8 Å². The Kier molecular flexibility index (Phi) is 5.52. The molecule has 0 bridgehead atoms. The molecule has 1 aliphatic heterocycles. The number of benzene rings is 1. The van der Waals surface area contributed by atoms with Crippen LogP contribution in [0.25, 0.3) is 0 Å². The van der Waals surface area contributed by atoms with E-state index in [9.17, 15) is 25.3 Å². The number of hydrogen-bond donors (Lipinski definition) is 2. The van der Waals surface area contributed by atoms with Crippen molar-refractivity contribution in [2.75, 3.05) is 6.61 Å². The lowest BCUT2D eigenvalue weighted by Crippen LogP contribution is -2.25. The van der Waals surface area contributed by atoms with Crippen LogP contribution in [0.1, 0.15) is 25.3 Å². The number of hydrogen-bond acceptors (Lipinski definition) is 8. The SMILES string of the molecule is CCOC(=O)C1=C(C)OC(N)=C(C#N)C1c1cc([N+](=O)[O-])cc(Br)c1O. The van der Waals surface area contributed by atoms with Crippen molar-refractivity contribution in [2.24, 2.45) is 5.73 Å². The standard InChI is InChI=1S/C16H14BrN3O6/c1-3-25-16(22)12-7(2)26-15(19)10(6-18)13(12)9-4-8(20(23)24)5-11(17)14(9)21/h4-5,13,21H,3,19H2,1-2H3. The second-order valence-electron chi connectivity index (χ2n) is 5.24. The molecule has 1 aromatic carbocycles. The molecule has 1 aromatic rings. The minimum absolute atomic E-state index is 0.0323. The van der Waals surface area contributed by atoms with Gasteiger partial charge in [0.15, 0.2) is 0 Å². The first-order valence-electron chi connectivity index (χ1n) is 7.35. The number of aromatic hydroxyl groups is 1. The van der Waals surface area contributed by atoms with E-state index in [1.165, 1.54) is 6.92 Å². The van der Waals surface area contributed by atoms with E-state index >= 15 is 0 Å². The number of ether oxygens (including phenoxy) is 2. The number of nitrogens with zero attached hydrogens (tertiary/aromatic N) is 2. The van der Waals surface area contributed by atoms with Crippen LogP contribution in [0, 0.1) is 21.4 Å². The molecule has 0 saturated heterocycles. The van der Waals surface area contributed by atoms with Crippen LogP contribution in [0.5, 0.6) is 5.75 Å². The van der Waals surface area contributed by atoms with Gasteiger partial charge in [0.2, 0.25) is 5.88 Å². The first-order valence-corrected chi connectivity index (χ1v) is 8.14. The van der Waals surface area contributed by atoms with Crippen LogP contribution in [0.2, 0.25) is 0 Å². The van der Waals surface area contributed by atoms with Gasteiger partial charge in [0, 0.05) is 17.7 Å². The summed E-state index contributed by atoms with van der Waals surface area (Å²) in [6.45, 7) is 3.11. The molecule has 26 heavy (non-hydrogen) atoms. The zero-order valence-electron chi connectivity index (χ0n) is 13.8. The predicted molar refractivity (Wildman–Crippen MR) is 92.4 cm³/mol. The minimum atomic E-state index is -1.18. The summed E-state index contributed by atoms with van der Waals surface area (Å²) >= 11 is 3.04. The van der Waals surface area contributed by atoms with E-state index in [0.29, 0.717) is 0 Å². The second kappa shape index (κ2) is 7.45. The Labute approximate surface area is 156 Å². The van der Waals surface area contributed by atoms with E-state index in [4.69, 9.17) is 15.2 Å². The topological polar surface area (TPSA) is 149 Å². The Morgan fingerprint density at radius 2 is 2.23 bits per heavy atom. The predicted octanol–water partition coefficient (Wildman–Crippen LogP) is 2.71. The number of nitro benzene ring substituents is 1. The summed E-state index contributed by atoms with van der Waals surface area (Å²) in [6.07, 6.45) is 0. The van der Waals surface area contributed by atoms with Gasteiger partial charge in [0.1, 0.15) is 23.2 Å². The molecule has 3 N–H and O–H groups in total. The molecule has 0 spiro atoms. The third kappa shape index (κ3) is 3.34. The van der Waals surface area contributed by atoms with Crippen LogP contribution in [0.4, 0.5) is 5.69 Å². The van der Waals surface area contributed by atoms with Crippen molar-refractivity contribution in [2.45, 2.75) is 19.8 Å². The summed E-state index contributed by atoms with van der Waals surface area (Å²) in [4.78, 5) is 22.9. The summed E-state index contributed by atoms with van der Waals surface area (Å²) in [5.74, 6) is -2.50. The molecule has 0 amide bonds. The third-order valence-corrected chi connectivity index (χ3v) is 4.30. The van der Waals surface area contributed by atoms with Crippen molar-refractivity contribution >= 4 is 27.6 Å². The molecule has 1 aliphatic rings. The number of halogens is 1. The van der Waals surface area contributed by atoms with Gasteiger partial charge in [-0.15, -0.1) is 0 Å². The van der Waals surface area contributed by atoms with Crippen LogP contribution in [0.3, 0.4) is 0 Å². The fourth-order valence-corrected chi connectivity index (χ4v) is 3.06. The summed E-state index contributed by atoms with van der Waals surface area (Å²) in [6, 6.07) is 4.02. The van der Waals surface area contributed by atoms with Gasteiger partial charge >= 0.3 is 5.97 Å². The van der Waals surface area contributed by atoms with Crippen molar-refractivity contribution in [1.29, 1.82) is 5.26 Å². The number of nitrogens with two attached hydrogens (primary N) is 1. The molecule has 0 saturated carbocycles. The number of non-ortho nitro benzene ring substituents is 1. The van der Waals surface area contributed by atoms with Crippen LogP contribution in [0.15, 0.2) is 39.4 Å². The molecule has 0 radical (unpaired) electrons. The Balaban J connectivity index is 2.80. The van der Waals surface area contributed by atoms with E-state index in [-0.39, 0.29) is 50.9 Å². The molecule has 1 heterocycles. The molecule has 1 unspecified atom stereocenters. The maximum Gasteiger partial charge on any atom is 0.338 e. The van der Waals surface area contributed by atoms with E-state index in [1.54, 1.807) is 6.92 Å². The lowest BCUT2D eigenvalue weighted by Gasteiger charge is -2.27. The van der Waals surface area contributed by atoms with Crippen LogP contribution in [-0.4, -0.2) is 22.6 Å². The highest BCUT2D eigenvalue weighted by atomic mass is 79.9. The number of nitriles is 1. The van der Waals surface area contributed by atoms with Gasteiger partial charge < -0.3 is 20.3 Å². The number of carbonyl (C=O) groups excluding carboxylic acids is 1. The zero-order chi connectivity index (χ0) is 19.6. The molecular weight excluding hydrogens is 410 g/mol. The van der Waals surface area contributed by atoms with Gasteiger partial charge in [-0.25, -0.2) is 4.79 Å². The summed E-state index contributed by atoms with van der Waals surface area (Å²) in [5.41, 5.74) is 5.13. The lowest BCUT2D eigenvalue weighted by atomic mass is 9.82. The molecule has 136 valence electrons. The average molecular weight is 424 g/mol. The number of phenolic OH excluding ortho intramolecular Hbond substituents is 1.